The van der Waals surface area contributed by atoms with Gasteiger partial charge < -0.3 is 33.2 Å². The maximum Gasteiger partial charge on any atom is 0.414 e. The first-order valence-electron chi connectivity index (χ1n) is 20.0. The standard InChI is InChI=1S/C42H46F3N7O7/c1-40(2,3)58-38(53)49-36-24(14-46)29-28(57-36)9-8-27(44)32(29)30-25-18-55-19-26(25)31-34(33(30)45)47-37(56-20-42-10-7-11-50(42)15-21(43)13-42)48-35(31)51-16-23-12-22(51)17-52(23)39(54)59-41(4,5)6/h8-9,21-23H,7,10-13,15-20H2,1-6H3,(H,49,53)/t21-,22-,23-,42+/m1/s1. The van der Waals surface area contributed by atoms with Crippen molar-refractivity contribution in [3.63, 3.8) is 0 Å². The molecule has 2 bridgehead atoms. The van der Waals surface area contributed by atoms with E-state index in [-0.39, 0.29) is 77.0 Å². The van der Waals surface area contributed by atoms with Crippen molar-refractivity contribution in [1.29, 1.82) is 5.26 Å². The number of furan rings is 1. The molecule has 4 atom stereocenters. The van der Waals surface area contributed by atoms with E-state index in [9.17, 15) is 19.2 Å². The Morgan fingerprint density at radius 3 is 2.47 bits per heavy atom. The Morgan fingerprint density at radius 2 is 1.76 bits per heavy atom. The highest BCUT2D eigenvalue weighted by Crippen LogP contribution is 2.49. The largest absolute Gasteiger partial charge is 0.461 e. The van der Waals surface area contributed by atoms with Crippen molar-refractivity contribution >= 4 is 45.8 Å². The highest BCUT2D eigenvalue weighted by Gasteiger charge is 2.50. The van der Waals surface area contributed by atoms with Gasteiger partial charge in [0.25, 0.3) is 0 Å². The van der Waals surface area contributed by atoms with Crippen molar-refractivity contribution in [2.45, 2.75) is 115 Å². The first kappa shape index (κ1) is 39.1. The van der Waals surface area contributed by atoms with Crippen molar-refractivity contribution in [2.75, 3.05) is 43.0 Å². The molecule has 2 aromatic carbocycles. The van der Waals surface area contributed by atoms with Crippen LogP contribution in [0.5, 0.6) is 6.01 Å². The van der Waals surface area contributed by atoms with Crippen molar-refractivity contribution in [3.05, 3.63) is 40.5 Å². The van der Waals surface area contributed by atoms with Gasteiger partial charge in [-0.15, -0.1) is 0 Å². The molecule has 17 heteroatoms. The number of carbonyl (C=O) groups is 2. The highest BCUT2D eigenvalue weighted by molar-refractivity contribution is 6.07. The van der Waals surface area contributed by atoms with E-state index < -0.39 is 46.7 Å². The van der Waals surface area contributed by atoms with Crippen LogP contribution in [0.4, 0.5) is 34.5 Å². The summed E-state index contributed by atoms with van der Waals surface area (Å²) in [5.74, 6) is -1.66. The van der Waals surface area contributed by atoms with Crippen LogP contribution in [0, 0.1) is 23.0 Å². The van der Waals surface area contributed by atoms with Crippen LogP contribution < -0.4 is 15.0 Å². The molecule has 7 heterocycles. The topological polar surface area (TPSA) is 156 Å². The number of fused-ring (bicyclic) bond motifs is 7. The molecule has 2 aromatic heterocycles. The maximum absolute atomic E-state index is 17.8. The zero-order chi connectivity index (χ0) is 41.8. The van der Waals surface area contributed by atoms with E-state index >= 15 is 8.78 Å². The molecule has 312 valence electrons. The molecular weight excluding hydrogens is 771 g/mol. The van der Waals surface area contributed by atoms with Crippen LogP contribution in [0.1, 0.15) is 83.9 Å². The lowest BCUT2D eigenvalue weighted by Gasteiger charge is -2.36. The Kier molecular flexibility index (Phi) is 9.20. The molecule has 9 rings (SSSR count). The van der Waals surface area contributed by atoms with Gasteiger partial charge >= 0.3 is 18.2 Å². The first-order valence-corrected chi connectivity index (χ1v) is 20.0. The van der Waals surface area contributed by atoms with Gasteiger partial charge in [0.2, 0.25) is 5.88 Å². The van der Waals surface area contributed by atoms with Crippen LogP contribution in [0.15, 0.2) is 16.5 Å². The van der Waals surface area contributed by atoms with E-state index in [1.807, 2.05) is 31.7 Å². The number of halogens is 3. The van der Waals surface area contributed by atoms with Crippen LogP contribution >= 0.6 is 0 Å². The SMILES string of the molecule is CC(C)(C)OC(=O)Nc1oc2ccc(F)c(-c3c4c(c5c(N6C[C@H]7C[C@@H]6CN7C(=O)OC(C)(C)C)nc(OC[C@@]67CCCN6C[C@H](F)C7)nc5c3F)COC4)c2c1C#N. The minimum Gasteiger partial charge on any atom is -0.461 e. The molecule has 4 saturated heterocycles. The van der Waals surface area contributed by atoms with Crippen LogP contribution in [0.3, 0.4) is 0 Å². The fourth-order valence-electron chi connectivity index (χ4n) is 9.64. The van der Waals surface area contributed by atoms with Crippen LogP contribution in [-0.4, -0.2) is 99.7 Å². The molecule has 0 radical (unpaired) electrons. The number of nitriles is 1. The van der Waals surface area contributed by atoms with E-state index in [0.29, 0.717) is 54.8 Å². The lowest BCUT2D eigenvalue weighted by Crippen LogP contribution is -2.50. The number of nitrogens with one attached hydrogen (secondary N) is 1. The van der Waals surface area contributed by atoms with Gasteiger partial charge in [0.1, 0.15) is 58.3 Å². The van der Waals surface area contributed by atoms with E-state index in [0.717, 1.165) is 25.5 Å². The van der Waals surface area contributed by atoms with Crippen molar-refractivity contribution in [2.24, 2.45) is 0 Å². The molecule has 0 spiro atoms. The predicted octanol–water partition coefficient (Wildman–Crippen LogP) is 7.72. The average molecular weight is 818 g/mol. The molecule has 0 aliphatic carbocycles. The zero-order valence-electron chi connectivity index (χ0n) is 33.8. The Hall–Kier alpha value is -5.34. The number of amides is 2. The summed E-state index contributed by atoms with van der Waals surface area (Å²) in [7, 11) is 0. The zero-order valence-corrected chi connectivity index (χ0v) is 33.8. The van der Waals surface area contributed by atoms with Crippen LogP contribution in [0.2, 0.25) is 0 Å². The second kappa shape index (κ2) is 13.9. The third kappa shape index (κ3) is 6.73. The number of aromatic nitrogens is 2. The van der Waals surface area contributed by atoms with E-state index in [2.05, 4.69) is 15.2 Å². The van der Waals surface area contributed by atoms with Crippen molar-refractivity contribution in [3.8, 4) is 23.2 Å². The van der Waals surface area contributed by atoms with Gasteiger partial charge in [-0.25, -0.2) is 22.8 Å². The van der Waals surface area contributed by atoms with Gasteiger partial charge in [0.05, 0.1) is 41.6 Å². The summed E-state index contributed by atoms with van der Waals surface area (Å²) in [4.78, 5) is 41.4. The average Bonchev–Trinajstić information content (AvgIpc) is 4.00. The molecule has 1 N–H and O–H groups in total. The number of rotatable bonds is 6. The Labute approximate surface area is 338 Å². The number of hydrogen-bond acceptors (Lipinski definition) is 12. The number of hydrogen-bond donors (Lipinski definition) is 1. The molecule has 2 amide bonds. The quantitative estimate of drug-likeness (QED) is 0.203. The molecule has 5 aliphatic heterocycles. The number of nitrogens with zero attached hydrogens (tertiary/aromatic N) is 6. The van der Waals surface area contributed by atoms with Gasteiger partial charge in [0, 0.05) is 37.2 Å². The summed E-state index contributed by atoms with van der Waals surface area (Å²) in [6, 6.07) is 3.88. The second-order valence-electron chi connectivity index (χ2n) is 18.2. The third-order valence-corrected chi connectivity index (χ3v) is 11.9. The Bertz CT molecular complexity index is 2460. The normalized spacial score (nSPS) is 23.9. The summed E-state index contributed by atoms with van der Waals surface area (Å²) < 4.78 is 78.2. The molecular formula is C42H46F3N7O7. The van der Waals surface area contributed by atoms with E-state index in [1.54, 1.807) is 25.7 Å². The molecule has 0 saturated carbocycles. The van der Waals surface area contributed by atoms with Gasteiger partial charge in [-0.3, -0.25) is 10.2 Å². The number of carbonyl (C=O) groups excluding carboxylic acids is 2. The Morgan fingerprint density at radius 1 is 1.00 bits per heavy atom. The van der Waals surface area contributed by atoms with Gasteiger partial charge in [-0.05, 0) is 90.6 Å². The molecule has 4 aromatic rings. The van der Waals surface area contributed by atoms with Crippen molar-refractivity contribution in [1.82, 2.24) is 19.8 Å². The number of benzene rings is 2. The highest BCUT2D eigenvalue weighted by atomic mass is 19.1. The summed E-state index contributed by atoms with van der Waals surface area (Å²) in [6.45, 7) is 12.3. The van der Waals surface area contributed by atoms with Crippen molar-refractivity contribution < 1.29 is 46.1 Å². The molecule has 59 heavy (non-hydrogen) atoms. The number of anilines is 2. The van der Waals surface area contributed by atoms with Gasteiger partial charge in [-0.2, -0.15) is 15.2 Å². The molecule has 0 unspecified atom stereocenters. The third-order valence-electron chi connectivity index (χ3n) is 11.9. The van der Waals surface area contributed by atoms with Crippen LogP contribution in [-0.2, 0) is 27.4 Å². The lowest BCUT2D eigenvalue weighted by atomic mass is 9.90. The van der Waals surface area contributed by atoms with E-state index in [1.165, 1.54) is 6.07 Å². The van der Waals surface area contributed by atoms with E-state index in [4.69, 9.17) is 28.3 Å². The molecule has 4 fully saturated rings. The maximum atomic E-state index is 17.8. The summed E-state index contributed by atoms with van der Waals surface area (Å²) in [5, 5.41) is 13.1. The lowest BCUT2D eigenvalue weighted by molar-refractivity contribution is 0.0214. The second-order valence-corrected chi connectivity index (χ2v) is 18.2. The molecule has 5 aliphatic rings. The van der Waals surface area contributed by atoms with Crippen LogP contribution in [0.25, 0.3) is 33.0 Å². The fourth-order valence-corrected chi connectivity index (χ4v) is 9.64. The predicted molar refractivity (Wildman–Crippen MR) is 209 cm³/mol. The minimum atomic E-state index is -0.999. The number of piperazine rings is 1. The van der Waals surface area contributed by atoms with Gasteiger partial charge in [0.15, 0.2) is 5.82 Å². The summed E-state index contributed by atoms with van der Waals surface area (Å²) >= 11 is 0. The first-order chi connectivity index (χ1) is 27.9. The minimum absolute atomic E-state index is 0.0225. The number of ether oxygens (including phenoxy) is 4. The molecule has 14 nitrogen and oxygen atoms in total. The smallest absolute Gasteiger partial charge is 0.414 e. The monoisotopic (exact) mass is 817 g/mol. The summed E-state index contributed by atoms with van der Waals surface area (Å²) in [5.41, 5.74) is -2.03. The van der Waals surface area contributed by atoms with Gasteiger partial charge in [-0.1, -0.05) is 0 Å². The fraction of sp³-hybridized carbons (Fsp3) is 0.548. The number of alkyl halides is 1. The Balaban J connectivity index is 1.19. The summed E-state index contributed by atoms with van der Waals surface area (Å²) in [6.07, 6.45) is 0.233. The number of likely N-dealkylation sites (tertiary alicyclic amines) is 1.